The first kappa shape index (κ1) is 20.5. The minimum Gasteiger partial charge on any atom is -0.349 e. The van der Waals surface area contributed by atoms with Crippen molar-refractivity contribution >= 4 is 18.3 Å². The van der Waals surface area contributed by atoms with Crippen molar-refractivity contribution in [3.05, 3.63) is 25.3 Å². The molecule has 0 aromatic heterocycles. The summed E-state index contributed by atoms with van der Waals surface area (Å²) in [6.07, 6.45) is 5.76. The van der Waals surface area contributed by atoms with Gasteiger partial charge in [-0.05, 0) is 32.1 Å². The van der Waals surface area contributed by atoms with Crippen LogP contribution in [0, 0.1) is 11.8 Å². The molecule has 0 saturated carbocycles. The second-order valence-corrected chi connectivity index (χ2v) is 5.60. The van der Waals surface area contributed by atoms with Crippen molar-refractivity contribution in [2.24, 2.45) is 17.6 Å². The molecule has 0 fully saturated rings. The van der Waals surface area contributed by atoms with Gasteiger partial charge < -0.3 is 11.1 Å². The smallest absolute Gasteiger partial charge is 0.224 e. The van der Waals surface area contributed by atoms with Gasteiger partial charge in [-0.1, -0.05) is 26.0 Å². The van der Waals surface area contributed by atoms with E-state index in [9.17, 15) is 4.79 Å². The summed E-state index contributed by atoms with van der Waals surface area (Å²) in [5, 5.41) is 3.08. The summed E-state index contributed by atoms with van der Waals surface area (Å²) in [5.74, 6) is 0.456. The topological polar surface area (TPSA) is 55.1 Å². The lowest BCUT2D eigenvalue weighted by Crippen LogP contribution is -2.53. The molecule has 0 spiro atoms. The number of hydrogen-bond acceptors (Lipinski definition) is 2. The lowest BCUT2D eigenvalue weighted by Gasteiger charge is -2.32. The first-order valence-electron chi connectivity index (χ1n) is 6.62. The number of rotatable bonds is 9. The summed E-state index contributed by atoms with van der Waals surface area (Å²) in [5.41, 5.74) is 5.47. The third-order valence-electron chi connectivity index (χ3n) is 3.01. The maximum atomic E-state index is 12.2. The van der Waals surface area contributed by atoms with E-state index in [1.165, 1.54) is 0 Å². The van der Waals surface area contributed by atoms with Gasteiger partial charge in [-0.2, -0.15) is 0 Å². The molecule has 0 aromatic carbocycles. The summed E-state index contributed by atoms with van der Waals surface area (Å²) in [7, 11) is 0. The number of halogens is 1. The van der Waals surface area contributed by atoms with Crippen molar-refractivity contribution in [1.29, 1.82) is 0 Å². The van der Waals surface area contributed by atoms with Gasteiger partial charge >= 0.3 is 0 Å². The highest BCUT2D eigenvalue weighted by Gasteiger charge is 2.28. The van der Waals surface area contributed by atoms with Crippen LogP contribution < -0.4 is 11.1 Å². The summed E-state index contributed by atoms with van der Waals surface area (Å²) in [6.45, 7) is 14.1. The van der Waals surface area contributed by atoms with E-state index in [0.29, 0.717) is 25.3 Å². The first-order chi connectivity index (χ1) is 8.38. The van der Waals surface area contributed by atoms with Crippen LogP contribution in [0.25, 0.3) is 0 Å². The highest BCUT2D eigenvalue weighted by molar-refractivity contribution is 5.85. The molecule has 0 aromatic rings. The Morgan fingerprint density at radius 1 is 1.32 bits per heavy atom. The fourth-order valence-electron chi connectivity index (χ4n) is 2.20. The van der Waals surface area contributed by atoms with Crippen molar-refractivity contribution < 1.29 is 4.79 Å². The summed E-state index contributed by atoms with van der Waals surface area (Å²) < 4.78 is 0. The Morgan fingerprint density at radius 2 is 1.79 bits per heavy atom. The Labute approximate surface area is 124 Å². The van der Waals surface area contributed by atoms with Crippen molar-refractivity contribution in [2.45, 2.75) is 45.6 Å². The fourth-order valence-corrected chi connectivity index (χ4v) is 2.20. The largest absolute Gasteiger partial charge is 0.349 e. The van der Waals surface area contributed by atoms with E-state index in [1.54, 1.807) is 12.2 Å². The van der Waals surface area contributed by atoms with Gasteiger partial charge in [0.2, 0.25) is 5.91 Å². The van der Waals surface area contributed by atoms with Crippen LogP contribution in [0.15, 0.2) is 25.3 Å². The third kappa shape index (κ3) is 8.06. The molecule has 4 heteroatoms. The fraction of sp³-hybridized carbons (Fsp3) is 0.667. The highest BCUT2D eigenvalue weighted by Crippen LogP contribution is 2.18. The lowest BCUT2D eigenvalue weighted by atomic mass is 9.89. The van der Waals surface area contributed by atoms with Crippen LogP contribution in [0.4, 0.5) is 0 Å². The molecule has 1 amide bonds. The van der Waals surface area contributed by atoms with Crippen LogP contribution in [0.3, 0.4) is 0 Å². The van der Waals surface area contributed by atoms with E-state index in [4.69, 9.17) is 5.73 Å². The van der Waals surface area contributed by atoms with Crippen LogP contribution in [0.5, 0.6) is 0 Å². The second kappa shape index (κ2) is 10.0. The Morgan fingerprint density at radius 3 is 2.11 bits per heavy atom. The van der Waals surface area contributed by atoms with Crippen LogP contribution in [0.1, 0.15) is 40.0 Å². The lowest BCUT2D eigenvalue weighted by molar-refractivity contribution is -0.126. The number of nitrogens with two attached hydrogens (primary N) is 1. The van der Waals surface area contributed by atoms with Gasteiger partial charge in [-0.15, -0.1) is 25.6 Å². The maximum absolute atomic E-state index is 12.2. The van der Waals surface area contributed by atoms with Gasteiger partial charge in [0.25, 0.3) is 0 Å². The molecule has 19 heavy (non-hydrogen) atoms. The molecule has 1 unspecified atom stereocenters. The van der Waals surface area contributed by atoms with Gasteiger partial charge in [-0.3, -0.25) is 4.79 Å². The Balaban J connectivity index is 0. The summed E-state index contributed by atoms with van der Waals surface area (Å²) in [6, 6.07) is 0. The molecule has 3 nitrogen and oxygen atoms in total. The molecular formula is C15H29ClN2O. The van der Waals surface area contributed by atoms with Gasteiger partial charge in [0.15, 0.2) is 0 Å². The average Bonchev–Trinajstić information content (AvgIpc) is 2.27. The standard InChI is InChI=1S/C15H28N2O.ClH/c1-6-8-13(9-7-2)14(18)17-15(5,11-16)10-12(3)4;/h6-7,12-13H,1-2,8-11,16H2,3-5H3,(H,17,18);1H. The monoisotopic (exact) mass is 288 g/mol. The number of amides is 1. The second-order valence-electron chi connectivity index (χ2n) is 5.60. The van der Waals surface area contributed by atoms with Gasteiger partial charge in [0, 0.05) is 18.0 Å². The zero-order valence-electron chi connectivity index (χ0n) is 12.4. The van der Waals surface area contributed by atoms with Crippen LogP contribution in [-0.4, -0.2) is 18.0 Å². The molecule has 0 bridgehead atoms. The van der Waals surface area contributed by atoms with E-state index in [1.807, 2.05) is 6.92 Å². The van der Waals surface area contributed by atoms with Crippen LogP contribution in [-0.2, 0) is 4.79 Å². The molecule has 112 valence electrons. The van der Waals surface area contributed by atoms with E-state index >= 15 is 0 Å². The molecular weight excluding hydrogens is 260 g/mol. The molecule has 0 radical (unpaired) electrons. The van der Waals surface area contributed by atoms with Gasteiger partial charge in [0.1, 0.15) is 0 Å². The number of carbonyl (C=O) groups is 1. The molecule has 3 N–H and O–H groups in total. The van der Waals surface area contributed by atoms with Crippen LogP contribution in [0.2, 0.25) is 0 Å². The summed E-state index contributed by atoms with van der Waals surface area (Å²) in [4.78, 5) is 12.2. The maximum Gasteiger partial charge on any atom is 0.224 e. The highest BCUT2D eigenvalue weighted by atomic mass is 35.5. The number of nitrogens with one attached hydrogen (secondary N) is 1. The van der Waals surface area contributed by atoms with E-state index in [2.05, 4.69) is 32.3 Å². The van der Waals surface area contributed by atoms with Crippen molar-refractivity contribution in [1.82, 2.24) is 5.32 Å². The number of carbonyl (C=O) groups excluding carboxylic acids is 1. The van der Waals surface area contributed by atoms with E-state index in [0.717, 1.165) is 6.42 Å². The Kier molecular flexibility index (Phi) is 10.8. The summed E-state index contributed by atoms with van der Waals surface area (Å²) >= 11 is 0. The molecule has 1 atom stereocenters. The van der Waals surface area contributed by atoms with Crippen molar-refractivity contribution in [3.63, 3.8) is 0 Å². The molecule has 0 rings (SSSR count). The molecule has 0 aliphatic rings. The minimum atomic E-state index is -0.328. The normalized spacial score (nSPS) is 13.6. The quantitative estimate of drug-likeness (QED) is 0.641. The van der Waals surface area contributed by atoms with Crippen molar-refractivity contribution in [3.8, 4) is 0 Å². The van der Waals surface area contributed by atoms with E-state index in [-0.39, 0.29) is 29.8 Å². The molecule has 0 heterocycles. The van der Waals surface area contributed by atoms with Gasteiger partial charge in [-0.25, -0.2) is 0 Å². The van der Waals surface area contributed by atoms with Gasteiger partial charge in [0.05, 0.1) is 0 Å². The third-order valence-corrected chi connectivity index (χ3v) is 3.01. The number of allylic oxidation sites excluding steroid dienone is 2. The molecule has 0 aliphatic carbocycles. The van der Waals surface area contributed by atoms with Crippen LogP contribution >= 0.6 is 12.4 Å². The predicted octanol–water partition coefficient (Wildman–Crippen LogP) is 3.06. The molecule has 0 aliphatic heterocycles. The Bertz CT molecular complexity index is 282. The first-order valence-corrected chi connectivity index (χ1v) is 6.62. The zero-order chi connectivity index (χ0) is 14.2. The Hall–Kier alpha value is -0.800. The SMILES string of the molecule is C=CCC(CC=C)C(=O)NC(C)(CN)CC(C)C.Cl. The zero-order valence-corrected chi connectivity index (χ0v) is 13.3. The van der Waals surface area contributed by atoms with Crippen molar-refractivity contribution in [2.75, 3.05) is 6.54 Å². The predicted molar refractivity (Wildman–Crippen MR) is 85.4 cm³/mol. The number of hydrogen-bond donors (Lipinski definition) is 2. The van der Waals surface area contributed by atoms with E-state index < -0.39 is 0 Å². The molecule has 0 saturated heterocycles. The minimum absolute atomic E-state index is 0. The average molecular weight is 289 g/mol.